The number of anilines is 1. The number of rotatable bonds is 26. The van der Waals surface area contributed by atoms with Crippen LogP contribution in [0.5, 0.6) is 5.75 Å². The van der Waals surface area contributed by atoms with Crippen LogP contribution >= 0.6 is 0 Å². The van der Waals surface area contributed by atoms with E-state index in [1.54, 1.807) is 31.2 Å². The van der Waals surface area contributed by atoms with Crippen LogP contribution in [-0.2, 0) is 60.7 Å². The Morgan fingerprint density at radius 1 is 0.780 bits per heavy atom. The highest BCUT2D eigenvalue weighted by molar-refractivity contribution is 6.21. The van der Waals surface area contributed by atoms with Crippen LogP contribution in [0.15, 0.2) is 119 Å². The third-order valence-corrected chi connectivity index (χ3v) is 16.1. The van der Waals surface area contributed by atoms with Gasteiger partial charge < -0.3 is 40.8 Å². The predicted molar refractivity (Wildman–Crippen MR) is 316 cm³/mol. The summed E-state index contributed by atoms with van der Waals surface area (Å²) in [5.74, 6) is -2.90. The minimum atomic E-state index is -0.658. The molecule has 0 radical (unpaired) electrons. The molecule has 3 aromatic rings. The maximum Gasteiger partial charge on any atom is 0.313 e. The van der Waals surface area contributed by atoms with E-state index in [9.17, 15) is 38.4 Å². The van der Waals surface area contributed by atoms with Crippen LogP contribution in [0.25, 0.3) is 12.2 Å². The van der Waals surface area contributed by atoms with Crippen LogP contribution in [-0.4, -0.2) is 99.4 Å². The zero-order valence-corrected chi connectivity index (χ0v) is 48.9. The monoisotopic (exact) mass is 1120 g/mol. The molecule has 3 aliphatic rings. The molecule has 0 spiro atoms. The van der Waals surface area contributed by atoms with Gasteiger partial charge in [-0.05, 0) is 132 Å². The van der Waals surface area contributed by atoms with E-state index in [1.807, 2.05) is 82.3 Å². The second kappa shape index (κ2) is 30.2. The van der Waals surface area contributed by atoms with Gasteiger partial charge >= 0.3 is 5.97 Å². The van der Waals surface area contributed by atoms with E-state index in [-0.39, 0.29) is 118 Å². The van der Waals surface area contributed by atoms with Crippen molar-refractivity contribution >= 4 is 65.0 Å². The lowest BCUT2D eigenvalue weighted by molar-refractivity contribution is -0.147. The number of benzene rings is 3. The summed E-state index contributed by atoms with van der Waals surface area (Å²) in [7, 11) is 0. The quantitative estimate of drug-likeness (QED) is 0.0265. The zero-order chi connectivity index (χ0) is 59.6. The molecule has 5 atom stereocenters. The minimum Gasteiger partial charge on any atom is -0.491 e. The van der Waals surface area contributed by atoms with Gasteiger partial charge in [0.25, 0.3) is 0 Å². The van der Waals surface area contributed by atoms with Crippen LogP contribution in [0, 0.1) is 29.6 Å². The van der Waals surface area contributed by atoms with Gasteiger partial charge in [-0.3, -0.25) is 43.3 Å². The maximum absolute atomic E-state index is 13.9. The van der Waals surface area contributed by atoms with E-state index in [1.165, 1.54) is 4.90 Å². The molecule has 17 nitrogen and oxygen atoms in total. The Morgan fingerprint density at radius 2 is 1.45 bits per heavy atom. The first-order valence-corrected chi connectivity index (χ1v) is 28.6. The number of allylic oxidation sites excluding steroid dienone is 4. The second-order valence-corrected chi connectivity index (χ2v) is 21.5. The first-order chi connectivity index (χ1) is 39.2. The van der Waals surface area contributed by atoms with E-state index in [0.29, 0.717) is 48.4 Å². The normalized spacial score (nSPS) is 20.7. The average Bonchev–Trinajstić information content (AvgIpc) is 3.96. The van der Waals surface area contributed by atoms with Gasteiger partial charge in [-0.2, -0.15) is 0 Å². The van der Waals surface area contributed by atoms with Crippen molar-refractivity contribution in [3.63, 3.8) is 0 Å². The number of carbonyl (C=O) groups is 8. The third kappa shape index (κ3) is 16.8. The van der Waals surface area contributed by atoms with E-state index in [0.717, 1.165) is 62.3 Å². The van der Waals surface area contributed by atoms with Gasteiger partial charge in [0.2, 0.25) is 35.4 Å². The largest absolute Gasteiger partial charge is 0.491 e. The molecule has 5 unspecified atom stereocenters. The minimum absolute atomic E-state index is 0.00385. The summed E-state index contributed by atoms with van der Waals surface area (Å²) in [6, 6.07) is 21.5. The Hall–Kier alpha value is -7.92. The van der Waals surface area contributed by atoms with Gasteiger partial charge in [-0.25, -0.2) is 0 Å². The number of hydrogen-bond donors (Lipinski definition) is 5. The van der Waals surface area contributed by atoms with Gasteiger partial charge in [0.1, 0.15) is 25.7 Å². The summed E-state index contributed by atoms with van der Waals surface area (Å²) < 4.78 is 17.2. The molecule has 6 rings (SSSR count). The van der Waals surface area contributed by atoms with Crippen LogP contribution in [0.1, 0.15) is 105 Å². The zero-order valence-electron chi connectivity index (χ0n) is 48.9. The van der Waals surface area contributed by atoms with Crippen molar-refractivity contribution in [3.8, 4) is 5.75 Å². The lowest BCUT2D eigenvalue weighted by Gasteiger charge is -2.30. The van der Waals surface area contributed by atoms with Crippen LogP contribution < -0.4 is 46.7 Å². The third-order valence-electron chi connectivity index (χ3n) is 16.1. The van der Waals surface area contributed by atoms with Crippen molar-refractivity contribution in [2.24, 2.45) is 29.6 Å². The first kappa shape index (κ1) is 63.3. The number of amides is 6. The Kier molecular flexibility index (Phi) is 23.3. The number of nitrogens with one attached hydrogen (secondary N) is 5. The molecule has 1 aliphatic carbocycles. The number of ketones is 1. The number of nitrogens with zero attached hydrogens (tertiary/aromatic N) is 1. The van der Waals surface area contributed by atoms with E-state index in [4.69, 9.17) is 14.2 Å². The maximum atomic E-state index is 13.9. The highest BCUT2D eigenvalue weighted by Crippen LogP contribution is 2.38. The van der Waals surface area contributed by atoms with Crippen molar-refractivity contribution in [1.82, 2.24) is 26.6 Å². The number of Topliss-reactive ketones (excluding diaryl/α,β-unsaturated/α-hetero) is 1. The fraction of sp³-hybridized carbons (Fsp3) is 0.446. The predicted octanol–water partition coefficient (Wildman–Crippen LogP) is 6.14. The van der Waals surface area contributed by atoms with Gasteiger partial charge in [-0.15, -0.1) is 0 Å². The number of ether oxygens (including phenoxy) is 3. The molecule has 0 saturated carbocycles. The molecule has 3 aromatic carbocycles. The molecule has 6 amide bonds. The molecule has 1 fully saturated rings. The number of carbonyl (C=O) groups excluding carboxylic acids is 8. The Balaban J connectivity index is 0.935. The van der Waals surface area contributed by atoms with Crippen molar-refractivity contribution in [3.05, 3.63) is 141 Å². The molecular formula is C65H82N6O11. The van der Waals surface area contributed by atoms with Gasteiger partial charge in [0.05, 0.1) is 49.8 Å². The summed E-state index contributed by atoms with van der Waals surface area (Å²) in [6.07, 6.45) is 6.01. The summed E-state index contributed by atoms with van der Waals surface area (Å²) in [6.45, 7) is 24.0. The Labute approximate surface area is 482 Å². The number of hydrogen-bond acceptors (Lipinski definition) is 12. The molecule has 17 heteroatoms. The number of aryl methyl sites for hydroxylation is 1. The van der Waals surface area contributed by atoms with Crippen molar-refractivity contribution in [2.45, 2.75) is 113 Å². The summed E-state index contributed by atoms with van der Waals surface area (Å²) in [4.78, 5) is 105. The van der Waals surface area contributed by atoms with Crippen molar-refractivity contribution < 1.29 is 52.6 Å². The SMILES string of the molecule is C=C(NCC(=O)NCOCCOc1ccc(=C)\c(=C(CC)/C2=C(C)/C(C)=C/C3=C(COC(=O)C3C)C(=O)C(C)C(C)C2)c1)C(Cc1ccccc1)NC(=O)CNC(=O)CNC(=O)CCc1ccc(N2C(=O)CC(C(CC)CC)C2=O)cc1. The van der Waals surface area contributed by atoms with Gasteiger partial charge in [-0.1, -0.05) is 115 Å². The Morgan fingerprint density at radius 3 is 2.15 bits per heavy atom. The van der Waals surface area contributed by atoms with Crippen molar-refractivity contribution in [1.29, 1.82) is 0 Å². The molecule has 0 bridgehead atoms. The van der Waals surface area contributed by atoms with E-state index in [2.05, 4.69) is 60.5 Å². The van der Waals surface area contributed by atoms with Gasteiger partial charge in [0, 0.05) is 30.0 Å². The number of esters is 1. The topological polar surface area (TPSA) is 228 Å². The highest BCUT2D eigenvalue weighted by atomic mass is 16.5. The number of cyclic esters (lactones) is 1. The number of imide groups is 1. The van der Waals surface area contributed by atoms with Crippen LogP contribution in [0.4, 0.5) is 5.69 Å². The molecule has 0 aromatic heterocycles. The van der Waals surface area contributed by atoms with Crippen LogP contribution in [0.2, 0.25) is 0 Å². The fourth-order valence-electron chi connectivity index (χ4n) is 10.7. The molecule has 1 saturated heterocycles. The molecular weight excluding hydrogens is 1040 g/mol. The molecule has 5 N–H and O–H groups in total. The molecule has 2 heterocycles. The lowest BCUT2D eigenvalue weighted by atomic mass is 9.76. The smallest absolute Gasteiger partial charge is 0.313 e. The lowest BCUT2D eigenvalue weighted by Crippen LogP contribution is -2.48. The summed E-state index contributed by atoms with van der Waals surface area (Å²) in [5, 5.41) is 15.5. The van der Waals surface area contributed by atoms with Crippen molar-refractivity contribution in [2.75, 3.05) is 51.1 Å². The average molecular weight is 1120 g/mol. The molecule has 2 aliphatic heterocycles. The standard InChI is InChI=1S/C65H82N6O11/c1-11-48(12-2)55-33-62(76)71(64(55)78)49-23-20-46(21-24-49)22-26-58(72)67-35-59(73)68-36-61(75)70-57(31-47-17-15-14-16-18-47)45(10)66-34-60(74)69-38-80-27-28-81-50-25-19-39(4)52(32-50)51(13-3)53-30-41(6)43(8)63(77)56-37-82-65(79)44(9)54(56)29-40(5)42(53)7/h14-21,23-25,29,32,41,43-44,48,55,57,66H,4,10-13,22,26-28,30-31,33-38H2,1-3,5-9H3,(H,67,72)(H,68,73)(H,69,74)(H,70,75)/b40-29+,52-51-,53-42+. The fourth-order valence-corrected chi connectivity index (χ4v) is 10.7. The summed E-state index contributed by atoms with van der Waals surface area (Å²) in [5.41, 5.74) is 8.20. The van der Waals surface area contributed by atoms with E-state index < -0.39 is 23.8 Å². The van der Waals surface area contributed by atoms with E-state index >= 15 is 0 Å². The Bertz CT molecular complexity index is 3090. The highest BCUT2D eigenvalue weighted by Gasteiger charge is 2.42. The van der Waals surface area contributed by atoms with Crippen LogP contribution in [0.3, 0.4) is 0 Å². The molecule has 82 heavy (non-hydrogen) atoms. The van der Waals surface area contributed by atoms with Gasteiger partial charge in [0.15, 0.2) is 5.78 Å². The molecule has 438 valence electrons. The summed E-state index contributed by atoms with van der Waals surface area (Å²) >= 11 is 0. The second-order valence-electron chi connectivity index (χ2n) is 21.5. The first-order valence-electron chi connectivity index (χ1n) is 28.6.